The second kappa shape index (κ2) is 4.68. The van der Waals surface area contributed by atoms with Crippen molar-refractivity contribution in [3.05, 3.63) is 24.3 Å². The molecule has 1 aliphatic heterocycles. The molecule has 1 aromatic rings. The fourth-order valence-electron chi connectivity index (χ4n) is 2.56. The number of anilines is 1. The predicted octanol–water partition coefficient (Wildman–Crippen LogP) is 3.39. The molecular formula is C13H18N2S. The number of nitrogens with one attached hydrogen (secondary N) is 1. The van der Waals surface area contributed by atoms with Gasteiger partial charge in [0, 0.05) is 10.9 Å². The number of fused-ring (bicyclic) bond motifs is 1. The van der Waals surface area contributed by atoms with E-state index in [4.69, 9.17) is 0 Å². The molecule has 0 atom stereocenters. The number of rotatable bonds is 2. The van der Waals surface area contributed by atoms with Crippen LogP contribution >= 0.6 is 11.8 Å². The van der Waals surface area contributed by atoms with Crippen molar-refractivity contribution in [1.82, 2.24) is 5.43 Å². The van der Waals surface area contributed by atoms with Crippen molar-refractivity contribution in [3.63, 3.8) is 0 Å². The van der Waals surface area contributed by atoms with Crippen LogP contribution in [-0.4, -0.2) is 11.9 Å². The van der Waals surface area contributed by atoms with Gasteiger partial charge in [-0.2, -0.15) is 0 Å². The number of para-hydroxylation sites is 1. The summed E-state index contributed by atoms with van der Waals surface area (Å²) in [6.07, 6.45) is 6.87. The number of hydrazine groups is 1. The Kier molecular flexibility index (Phi) is 3.06. The van der Waals surface area contributed by atoms with Crippen LogP contribution in [0.1, 0.15) is 32.1 Å². The number of hydrogen-bond acceptors (Lipinski definition) is 3. The molecule has 1 heterocycles. The Labute approximate surface area is 101 Å². The van der Waals surface area contributed by atoms with E-state index in [0.29, 0.717) is 6.04 Å². The second-order valence-electron chi connectivity index (χ2n) is 4.63. The van der Waals surface area contributed by atoms with Gasteiger partial charge in [-0.25, -0.2) is 5.43 Å². The molecule has 0 spiro atoms. The van der Waals surface area contributed by atoms with E-state index in [1.54, 1.807) is 0 Å². The smallest absolute Gasteiger partial charge is 0.0846 e. The highest BCUT2D eigenvalue weighted by Crippen LogP contribution is 2.37. The van der Waals surface area contributed by atoms with E-state index in [-0.39, 0.29) is 0 Å². The largest absolute Gasteiger partial charge is 0.297 e. The van der Waals surface area contributed by atoms with Crippen LogP contribution in [0.25, 0.3) is 0 Å². The van der Waals surface area contributed by atoms with E-state index in [1.807, 2.05) is 11.8 Å². The van der Waals surface area contributed by atoms with E-state index in [0.717, 1.165) is 5.88 Å². The lowest BCUT2D eigenvalue weighted by atomic mass is 9.96. The van der Waals surface area contributed by atoms with Crippen molar-refractivity contribution in [2.24, 2.45) is 0 Å². The van der Waals surface area contributed by atoms with Crippen molar-refractivity contribution in [3.8, 4) is 0 Å². The molecule has 1 aliphatic carbocycles. The van der Waals surface area contributed by atoms with Crippen molar-refractivity contribution < 1.29 is 0 Å². The Morgan fingerprint density at radius 3 is 2.81 bits per heavy atom. The first-order chi connectivity index (χ1) is 7.93. The Bertz CT molecular complexity index is 361. The Morgan fingerprint density at radius 2 is 1.94 bits per heavy atom. The minimum absolute atomic E-state index is 0.695. The third kappa shape index (κ3) is 2.06. The molecule has 0 saturated heterocycles. The van der Waals surface area contributed by atoms with Gasteiger partial charge in [0.05, 0.1) is 11.6 Å². The first kappa shape index (κ1) is 10.5. The molecule has 1 aromatic carbocycles. The number of hydrogen-bond donors (Lipinski definition) is 1. The minimum Gasteiger partial charge on any atom is -0.297 e. The SMILES string of the molecule is c1ccc2c(c1)SCN2NC1CCCCC1. The number of thioether (sulfide) groups is 1. The summed E-state index contributed by atoms with van der Waals surface area (Å²) in [6, 6.07) is 9.37. The van der Waals surface area contributed by atoms with Crippen LogP contribution in [0.4, 0.5) is 5.69 Å². The average Bonchev–Trinajstić information content (AvgIpc) is 2.74. The quantitative estimate of drug-likeness (QED) is 0.844. The molecule has 1 saturated carbocycles. The van der Waals surface area contributed by atoms with Gasteiger partial charge in [0.25, 0.3) is 0 Å². The van der Waals surface area contributed by atoms with Gasteiger partial charge in [-0.15, -0.1) is 11.8 Å². The van der Waals surface area contributed by atoms with Crippen LogP contribution in [0.3, 0.4) is 0 Å². The maximum absolute atomic E-state index is 3.69. The standard InChI is InChI=1S/C13H18N2S/c1-2-6-11(7-3-1)14-15-10-16-13-9-5-4-8-12(13)15/h4-5,8-9,11,14H,1-3,6-7,10H2. The van der Waals surface area contributed by atoms with Gasteiger partial charge >= 0.3 is 0 Å². The predicted molar refractivity (Wildman–Crippen MR) is 69.7 cm³/mol. The van der Waals surface area contributed by atoms with E-state index < -0.39 is 0 Å². The van der Waals surface area contributed by atoms with Crippen molar-refractivity contribution in [2.75, 3.05) is 10.9 Å². The van der Waals surface area contributed by atoms with Crippen molar-refractivity contribution in [1.29, 1.82) is 0 Å². The van der Waals surface area contributed by atoms with Gasteiger partial charge in [0.15, 0.2) is 0 Å². The maximum atomic E-state index is 3.69. The molecule has 3 heteroatoms. The van der Waals surface area contributed by atoms with Crippen LogP contribution < -0.4 is 10.4 Å². The Morgan fingerprint density at radius 1 is 1.12 bits per heavy atom. The van der Waals surface area contributed by atoms with Crippen LogP contribution in [0.2, 0.25) is 0 Å². The Balaban J connectivity index is 1.68. The van der Waals surface area contributed by atoms with E-state index in [2.05, 4.69) is 34.7 Å². The number of benzene rings is 1. The molecule has 0 unspecified atom stereocenters. The molecule has 0 amide bonds. The van der Waals surface area contributed by atoms with Crippen LogP contribution in [0.15, 0.2) is 29.2 Å². The van der Waals surface area contributed by atoms with E-state index in [9.17, 15) is 0 Å². The molecule has 2 nitrogen and oxygen atoms in total. The minimum atomic E-state index is 0.695. The monoisotopic (exact) mass is 234 g/mol. The first-order valence-corrected chi connectivity index (χ1v) is 7.17. The normalized spacial score (nSPS) is 21.1. The molecule has 1 fully saturated rings. The molecule has 0 aromatic heterocycles. The zero-order valence-corrected chi connectivity index (χ0v) is 10.3. The summed E-state index contributed by atoms with van der Waals surface area (Å²) in [5, 5.41) is 2.33. The summed E-state index contributed by atoms with van der Waals surface area (Å²) in [6.45, 7) is 0. The summed E-state index contributed by atoms with van der Waals surface area (Å²) in [5.74, 6) is 1.05. The highest BCUT2D eigenvalue weighted by molar-refractivity contribution is 7.99. The molecule has 3 rings (SSSR count). The van der Waals surface area contributed by atoms with Gasteiger partial charge in [-0.05, 0) is 25.0 Å². The lowest BCUT2D eigenvalue weighted by Crippen LogP contribution is -2.44. The van der Waals surface area contributed by atoms with Crippen LogP contribution in [-0.2, 0) is 0 Å². The third-order valence-electron chi connectivity index (χ3n) is 3.45. The van der Waals surface area contributed by atoms with E-state index in [1.165, 1.54) is 42.7 Å². The summed E-state index contributed by atoms with van der Waals surface area (Å²) in [4.78, 5) is 1.41. The summed E-state index contributed by atoms with van der Waals surface area (Å²) < 4.78 is 0. The highest BCUT2D eigenvalue weighted by atomic mass is 32.2. The second-order valence-corrected chi connectivity index (χ2v) is 5.62. The van der Waals surface area contributed by atoms with Crippen LogP contribution in [0, 0.1) is 0 Å². The van der Waals surface area contributed by atoms with Gasteiger partial charge in [-0.3, -0.25) is 5.01 Å². The molecular weight excluding hydrogens is 216 g/mol. The van der Waals surface area contributed by atoms with Gasteiger partial charge in [0.2, 0.25) is 0 Å². The van der Waals surface area contributed by atoms with Gasteiger partial charge in [-0.1, -0.05) is 31.4 Å². The fraction of sp³-hybridized carbons (Fsp3) is 0.538. The van der Waals surface area contributed by atoms with Crippen molar-refractivity contribution >= 4 is 17.4 Å². The summed E-state index contributed by atoms with van der Waals surface area (Å²) >= 11 is 1.93. The summed E-state index contributed by atoms with van der Waals surface area (Å²) in [7, 11) is 0. The summed E-state index contributed by atoms with van der Waals surface area (Å²) in [5.41, 5.74) is 5.05. The molecule has 1 N–H and O–H groups in total. The topological polar surface area (TPSA) is 15.3 Å². The fourth-order valence-corrected chi connectivity index (χ4v) is 3.55. The number of nitrogens with zero attached hydrogens (tertiary/aromatic N) is 1. The molecule has 0 radical (unpaired) electrons. The highest BCUT2D eigenvalue weighted by Gasteiger charge is 2.22. The van der Waals surface area contributed by atoms with E-state index >= 15 is 0 Å². The van der Waals surface area contributed by atoms with Crippen molar-refractivity contribution in [2.45, 2.75) is 43.0 Å². The van der Waals surface area contributed by atoms with Gasteiger partial charge < -0.3 is 0 Å². The molecule has 86 valence electrons. The lowest BCUT2D eigenvalue weighted by molar-refractivity contribution is 0.370. The molecule has 0 bridgehead atoms. The third-order valence-corrected chi connectivity index (χ3v) is 4.49. The zero-order chi connectivity index (χ0) is 10.8. The first-order valence-electron chi connectivity index (χ1n) is 6.19. The molecule has 2 aliphatic rings. The maximum Gasteiger partial charge on any atom is 0.0846 e. The zero-order valence-electron chi connectivity index (χ0n) is 9.48. The lowest BCUT2D eigenvalue weighted by Gasteiger charge is -2.29. The van der Waals surface area contributed by atoms with Gasteiger partial charge in [0.1, 0.15) is 0 Å². The molecule has 16 heavy (non-hydrogen) atoms. The van der Waals surface area contributed by atoms with Crippen LogP contribution in [0.5, 0.6) is 0 Å². The average molecular weight is 234 g/mol. The Hall–Kier alpha value is -0.670.